The molecule has 0 bridgehead atoms. The van der Waals surface area contributed by atoms with Crippen LogP contribution in [0.5, 0.6) is 0 Å². The van der Waals surface area contributed by atoms with Crippen molar-refractivity contribution in [3.05, 3.63) is 40.4 Å². The smallest absolute Gasteiger partial charge is 0.358 e. The summed E-state index contributed by atoms with van der Waals surface area (Å²) >= 11 is 3.10. The van der Waals surface area contributed by atoms with Crippen LogP contribution < -0.4 is 4.72 Å². The van der Waals surface area contributed by atoms with Gasteiger partial charge in [0.05, 0.1) is 6.20 Å². The predicted molar refractivity (Wildman–Crippen MR) is 85.5 cm³/mol. The third-order valence-corrected chi connectivity index (χ3v) is 5.02. The largest absolute Gasteiger partial charge is 0.476 e. The van der Waals surface area contributed by atoms with Gasteiger partial charge in [0.2, 0.25) is 10.0 Å². The first-order chi connectivity index (χ1) is 11.3. The maximum Gasteiger partial charge on any atom is 0.358 e. The number of aromatic carboxylic acids is 1. The summed E-state index contributed by atoms with van der Waals surface area (Å²) < 4.78 is 41.9. The first-order valence-electron chi connectivity index (χ1n) is 6.88. The SMILES string of the molecule is O=C(O)c1cn(CCCCNS(=O)(=O)c2cc(Br)ccc2F)nn1. The molecule has 0 fully saturated rings. The van der Waals surface area contributed by atoms with E-state index in [0.717, 1.165) is 6.07 Å². The monoisotopic (exact) mass is 420 g/mol. The first-order valence-corrected chi connectivity index (χ1v) is 9.15. The van der Waals surface area contributed by atoms with Crippen LogP contribution in [0.1, 0.15) is 23.3 Å². The van der Waals surface area contributed by atoms with Crippen molar-refractivity contribution in [2.45, 2.75) is 24.3 Å². The zero-order valence-electron chi connectivity index (χ0n) is 12.3. The number of hydrogen-bond donors (Lipinski definition) is 2. The molecule has 2 N–H and O–H groups in total. The molecular formula is C13H14BrFN4O4S. The van der Waals surface area contributed by atoms with Crippen molar-refractivity contribution in [3.8, 4) is 0 Å². The summed E-state index contributed by atoms with van der Waals surface area (Å²) in [5.41, 5.74) is -0.152. The molecule has 0 unspecified atom stereocenters. The Hall–Kier alpha value is -1.85. The third kappa shape index (κ3) is 4.82. The molecule has 0 spiro atoms. The molecule has 0 saturated carbocycles. The lowest BCUT2D eigenvalue weighted by atomic mass is 10.3. The van der Waals surface area contributed by atoms with E-state index in [9.17, 15) is 17.6 Å². The number of carbonyl (C=O) groups is 1. The average molecular weight is 421 g/mol. The molecule has 24 heavy (non-hydrogen) atoms. The van der Waals surface area contributed by atoms with Crippen LogP contribution >= 0.6 is 15.9 Å². The number of sulfonamides is 1. The Morgan fingerprint density at radius 3 is 2.79 bits per heavy atom. The maximum absolute atomic E-state index is 13.6. The van der Waals surface area contributed by atoms with Crippen molar-refractivity contribution < 1.29 is 22.7 Å². The number of halogens is 2. The fourth-order valence-electron chi connectivity index (χ4n) is 1.87. The summed E-state index contributed by atoms with van der Waals surface area (Å²) in [6.45, 7) is 0.516. The zero-order valence-corrected chi connectivity index (χ0v) is 14.7. The number of aromatic nitrogens is 3. The molecule has 1 aromatic carbocycles. The lowest BCUT2D eigenvalue weighted by Gasteiger charge is -2.08. The fourth-order valence-corrected chi connectivity index (χ4v) is 3.56. The summed E-state index contributed by atoms with van der Waals surface area (Å²) in [6.07, 6.45) is 2.31. The number of nitrogens with one attached hydrogen (secondary N) is 1. The molecule has 11 heteroatoms. The molecule has 0 aliphatic carbocycles. The van der Waals surface area contributed by atoms with Gasteiger partial charge in [-0.3, -0.25) is 4.68 Å². The van der Waals surface area contributed by atoms with Gasteiger partial charge in [-0.1, -0.05) is 21.1 Å². The minimum Gasteiger partial charge on any atom is -0.476 e. The maximum atomic E-state index is 13.6. The van der Waals surface area contributed by atoms with Crippen LogP contribution in [0.25, 0.3) is 0 Å². The Morgan fingerprint density at radius 1 is 1.38 bits per heavy atom. The highest BCUT2D eigenvalue weighted by Crippen LogP contribution is 2.19. The van der Waals surface area contributed by atoms with Crippen molar-refractivity contribution in [2.24, 2.45) is 0 Å². The summed E-state index contributed by atoms with van der Waals surface area (Å²) in [4.78, 5) is 10.2. The number of aryl methyl sites for hydroxylation is 1. The van der Waals surface area contributed by atoms with Crippen molar-refractivity contribution in [1.29, 1.82) is 0 Å². The van der Waals surface area contributed by atoms with E-state index in [1.165, 1.54) is 23.0 Å². The number of carboxylic acids is 1. The topological polar surface area (TPSA) is 114 Å². The second-order valence-electron chi connectivity index (χ2n) is 4.85. The van der Waals surface area contributed by atoms with Crippen molar-refractivity contribution in [2.75, 3.05) is 6.54 Å². The van der Waals surface area contributed by atoms with Gasteiger partial charge in [-0.25, -0.2) is 22.3 Å². The van der Waals surface area contributed by atoms with E-state index >= 15 is 0 Å². The van der Waals surface area contributed by atoms with Gasteiger partial charge in [-0.2, -0.15) is 0 Å². The number of carboxylic acid groups (broad SMARTS) is 1. The van der Waals surface area contributed by atoms with Crippen molar-refractivity contribution in [3.63, 3.8) is 0 Å². The number of rotatable bonds is 8. The summed E-state index contributed by atoms with van der Waals surface area (Å²) in [7, 11) is -3.93. The number of unbranched alkanes of at least 4 members (excludes halogenated alkanes) is 1. The Balaban J connectivity index is 1.82. The van der Waals surface area contributed by atoms with Crippen LogP contribution in [0, 0.1) is 5.82 Å². The van der Waals surface area contributed by atoms with Crippen LogP contribution in [-0.2, 0) is 16.6 Å². The number of nitrogens with zero attached hydrogens (tertiary/aromatic N) is 3. The summed E-state index contributed by atoms with van der Waals surface area (Å²) in [5, 5.41) is 15.8. The van der Waals surface area contributed by atoms with Gasteiger partial charge in [0.1, 0.15) is 10.7 Å². The highest BCUT2D eigenvalue weighted by Gasteiger charge is 2.18. The van der Waals surface area contributed by atoms with E-state index in [1.54, 1.807) is 0 Å². The van der Waals surface area contributed by atoms with E-state index in [-0.39, 0.29) is 12.2 Å². The highest BCUT2D eigenvalue weighted by molar-refractivity contribution is 9.10. The van der Waals surface area contributed by atoms with E-state index < -0.39 is 26.7 Å². The fraction of sp³-hybridized carbons (Fsp3) is 0.308. The summed E-state index contributed by atoms with van der Waals surface area (Å²) in [5.74, 6) is -1.99. The van der Waals surface area contributed by atoms with E-state index in [1.807, 2.05) is 0 Å². The molecule has 0 aliphatic rings. The van der Waals surface area contributed by atoms with Crippen LogP contribution in [0.4, 0.5) is 4.39 Å². The lowest BCUT2D eigenvalue weighted by Crippen LogP contribution is -2.26. The molecule has 0 radical (unpaired) electrons. The number of benzene rings is 1. The molecular weight excluding hydrogens is 407 g/mol. The number of hydrogen-bond acceptors (Lipinski definition) is 5. The van der Waals surface area contributed by atoms with E-state index in [0.29, 0.717) is 23.9 Å². The molecule has 0 amide bonds. The van der Waals surface area contributed by atoms with E-state index in [2.05, 4.69) is 31.0 Å². The molecule has 1 heterocycles. The molecule has 0 atom stereocenters. The van der Waals surface area contributed by atoms with Crippen LogP contribution in [-0.4, -0.2) is 41.0 Å². The van der Waals surface area contributed by atoms with Crippen LogP contribution in [0.15, 0.2) is 33.8 Å². The molecule has 1 aromatic heterocycles. The van der Waals surface area contributed by atoms with Gasteiger partial charge in [-0.15, -0.1) is 5.10 Å². The first kappa shape index (κ1) is 18.5. The van der Waals surface area contributed by atoms with Gasteiger partial charge in [-0.05, 0) is 31.0 Å². The van der Waals surface area contributed by atoms with Gasteiger partial charge >= 0.3 is 5.97 Å². The standard InChI is InChI=1S/C13H14BrFN4O4S/c14-9-3-4-10(15)12(7-9)24(22,23)16-5-1-2-6-19-8-11(13(20)21)17-18-19/h3-4,7-8,16H,1-2,5-6H2,(H,20,21). The summed E-state index contributed by atoms with van der Waals surface area (Å²) in [6, 6.07) is 3.68. The Morgan fingerprint density at radius 2 is 2.12 bits per heavy atom. The minimum absolute atomic E-state index is 0.120. The molecule has 2 rings (SSSR count). The van der Waals surface area contributed by atoms with Gasteiger partial charge in [0.25, 0.3) is 0 Å². The highest BCUT2D eigenvalue weighted by atomic mass is 79.9. The Labute approximate surface area is 145 Å². The zero-order chi connectivity index (χ0) is 17.7. The second kappa shape index (κ2) is 7.81. The Bertz CT molecular complexity index is 840. The van der Waals surface area contributed by atoms with Crippen LogP contribution in [0.3, 0.4) is 0 Å². The molecule has 0 saturated heterocycles. The minimum atomic E-state index is -3.93. The van der Waals surface area contributed by atoms with Crippen molar-refractivity contribution >= 4 is 31.9 Å². The normalized spacial score (nSPS) is 11.6. The molecule has 8 nitrogen and oxygen atoms in total. The van der Waals surface area contributed by atoms with Gasteiger partial charge in [0, 0.05) is 17.6 Å². The molecule has 130 valence electrons. The Kier molecular flexibility index (Phi) is 6.02. The molecule has 0 aliphatic heterocycles. The molecule has 2 aromatic rings. The predicted octanol–water partition coefficient (Wildman–Crippen LogP) is 1.64. The van der Waals surface area contributed by atoms with E-state index in [4.69, 9.17) is 5.11 Å². The van der Waals surface area contributed by atoms with Gasteiger partial charge < -0.3 is 5.11 Å². The third-order valence-electron chi connectivity index (χ3n) is 3.05. The lowest BCUT2D eigenvalue weighted by molar-refractivity contribution is 0.0690. The van der Waals surface area contributed by atoms with Crippen LogP contribution in [0.2, 0.25) is 0 Å². The second-order valence-corrected chi connectivity index (χ2v) is 7.50. The average Bonchev–Trinajstić information content (AvgIpc) is 2.98. The van der Waals surface area contributed by atoms with Gasteiger partial charge in [0.15, 0.2) is 5.69 Å². The quantitative estimate of drug-likeness (QED) is 0.627. The van der Waals surface area contributed by atoms with Crippen molar-refractivity contribution in [1.82, 2.24) is 19.7 Å².